The van der Waals surface area contributed by atoms with Crippen molar-refractivity contribution in [1.29, 1.82) is 0 Å². The summed E-state index contributed by atoms with van der Waals surface area (Å²) < 4.78 is 0.534. The lowest BCUT2D eigenvalue weighted by Crippen LogP contribution is -2.37. The van der Waals surface area contributed by atoms with E-state index in [1.165, 1.54) is 0 Å². The molecule has 0 fully saturated rings. The van der Waals surface area contributed by atoms with Crippen LogP contribution in [0.15, 0.2) is 6.20 Å². The van der Waals surface area contributed by atoms with Crippen molar-refractivity contribution >= 4 is 18.1 Å². The maximum absolute atomic E-state index is 10.9. The van der Waals surface area contributed by atoms with E-state index in [0.717, 1.165) is 30.5 Å². The Labute approximate surface area is 93.1 Å². The molecule has 0 saturated carbocycles. The molecule has 80 valence electrons. The van der Waals surface area contributed by atoms with Crippen LogP contribution in [0.4, 0.5) is 0 Å². The Morgan fingerprint density at radius 1 is 1.73 bits per heavy atom. The summed E-state index contributed by atoms with van der Waals surface area (Å²) in [7, 11) is 0. The van der Waals surface area contributed by atoms with Crippen molar-refractivity contribution in [2.24, 2.45) is 0 Å². The molecule has 15 heavy (non-hydrogen) atoms. The topological polar surface area (TPSA) is 57.8 Å². The third-order valence-electron chi connectivity index (χ3n) is 2.60. The molecule has 4 nitrogen and oxygen atoms in total. The highest BCUT2D eigenvalue weighted by molar-refractivity contribution is 7.71. The Morgan fingerprint density at radius 3 is 3.27 bits per heavy atom. The van der Waals surface area contributed by atoms with E-state index in [-0.39, 0.29) is 11.9 Å². The number of nitrogens with zero attached hydrogens (tertiary/aromatic N) is 1. The van der Waals surface area contributed by atoms with Gasteiger partial charge in [-0.1, -0.05) is 0 Å². The first-order chi connectivity index (χ1) is 7.15. The number of aromatic nitrogens is 2. The number of carbonyl (C=O) groups is 1. The number of amides is 1. The number of aromatic amines is 1. The van der Waals surface area contributed by atoms with Crippen LogP contribution in [0.25, 0.3) is 0 Å². The number of H-pyrrole nitrogens is 1. The summed E-state index contributed by atoms with van der Waals surface area (Å²) in [5, 5.41) is 2.93. The average molecular weight is 223 g/mol. The minimum absolute atomic E-state index is 0.0280. The molecule has 1 aliphatic carbocycles. The van der Waals surface area contributed by atoms with E-state index in [0.29, 0.717) is 4.77 Å². The zero-order valence-electron chi connectivity index (χ0n) is 8.54. The van der Waals surface area contributed by atoms with Gasteiger partial charge in [0.25, 0.3) is 0 Å². The van der Waals surface area contributed by atoms with E-state index in [1.54, 1.807) is 6.92 Å². The van der Waals surface area contributed by atoms with Crippen LogP contribution in [0, 0.1) is 4.77 Å². The van der Waals surface area contributed by atoms with Crippen molar-refractivity contribution in [2.75, 3.05) is 0 Å². The molecule has 2 N–H and O–H groups in total. The number of aryl methyl sites for hydroxylation is 1. The largest absolute Gasteiger partial charge is 0.353 e. The summed E-state index contributed by atoms with van der Waals surface area (Å²) in [6.07, 6.45) is 4.53. The maximum atomic E-state index is 10.9. The number of rotatable bonds is 1. The molecule has 1 aromatic rings. The van der Waals surface area contributed by atoms with Gasteiger partial charge in [-0.25, -0.2) is 4.98 Å². The Hall–Kier alpha value is -1.23. The first-order valence-electron chi connectivity index (χ1n) is 4.99. The molecule has 2 rings (SSSR count). The van der Waals surface area contributed by atoms with Crippen molar-refractivity contribution in [3.8, 4) is 0 Å². The van der Waals surface area contributed by atoms with Gasteiger partial charge in [0.05, 0.1) is 0 Å². The SMILES string of the molecule is CC(=O)NC1CCc2[nH]c(=S)ncc2C1. The van der Waals surface area contributed by atoms with Crippen LogP contribution in [0.2, 0.25) is 0 Å². The molecule has 0 radical (unpaired) electrons. The number of carbonyl (C=O) groups excluding carboxylic acids is 1. The van der Waals surface area contributed by atoms with E-state index in [4.69, 9.17) is 12.2 Å². The molecule has 0 saturated heterocycles. The molecular weight excluding hydrogens is 210 g/mol. The van der Waals surface area contributed by atoms with E-state index in [9.17, 15) is 4.79 Å². The fraction of sp³-hybridized carbons (Fsp3) is 0.500. The molecule has 5 heteroatoms. The zero-order chi connectivity index (χ0) is 10.8. The third-order valence-corrected chi connectivity index (χ3v) is 2.81. The normalized spacial score (nSPS) is 19.4. The highest BCUT2D eigenvalue weighted by Crippen LogP contribution is 2.18. The average Bonchev–Trinajstić information content (AvgIpc) is 2.17. The van der Waals surface area contributed by atoms with Crippen LogP contribution in [-0.2, 0) is 17.6 Å². The van der Waals surface area contributed by atoms with Crippen LogP contribution in [-0.4, -0.2) is 21.9 Å². The molecule has 1 amide bonds. The monoisotopic (exact) mass is 223 g/mol. The summed E-state index contributed by atoms with van der Waals surface area (Å²) in [6.45, 7) is 1.55. The van der Waals surface area contributed by atoms with Crippen LogP contribution in [0.3, 0.4) is 0 Å². The Bertz CT molecular complexity index is 441. The molecule has 0 aliphatic heterocycles. The molecule has 0 bridgehead atoms. The third kappa shape index (κ3) is 2.41. The second-order valence-electron chi connectivity index (χ2n) is 3.83. The van der Waals surface area contributed by atoms with Crippen LogP contribution in [0.1, 0.15) is 24.6 Å². The van der Waals surface area contributed by atoms with Gasteiger partial charge in [-0.2, -0.15) is 0 Å². The summed E-state index contributed by atoms with van der Waals surface area (Å²) >= 11 is 4.96. The zero-order valence-corrected chi connectivity index (χ0v) is 9.36. The molecule has 1 aliphatic rings. The first-order valence-corrected chi connectivity index (χ1v) is 5.40. The fourth-order valence-electron chi connectivity index (χ4n) is 1.95. The van der Waals surface area contributed by atoms with E-state index in [2.05, 4.69) is 15.3 Å². The van der Waals surface area contributed by atoms with Crippen molar-refractivity contribution in [1.82, 2.24) is 15.3 Å². The van der Waals surface area contributed by atoms with E-state index < -0.39 is 0 Å². The number of fused-ring (bicyclic) bond motifs is 1. The Kier molecular flexibility index (Phi) is 2.81. The number of nitrogens with one attached hydrogen (secondary N) is 2. The van der Waals surface area contributed by atoms with Crippen molar-refractivity contribution in [3.63, 3.8) is 0 Å². The highest BCUT2D eigenvalue weighted by Gasteiger charge is 2.19. The van der Waals surface area contributed by atoms with Gasteiger partial charge in [0, 0.05) is 24.9 Å². The smallest absolute Gasteiger partial charge is 0.217 e. The predicted molar refractivity (Wildman–Crippen MR) is 59.1 cm³/mol. The van der Waals surface area contributed by atoms with Gasteiger partial charge in [0.15, 0.2) is 4.77 Å². The lowest BCUT2D eigenvalue weighted by molar-refractivity contribution is -0.119. The maximum Gasteiger partial charge on any atom is 0.217 e. The fourth-order valence-corrected chi connectivity index (χ4v) is 2.13. The van der Waals surface area contributed by atoms with Crippen molar-refractivity contribution in [3.05, 3.63) is 22.2 Å². The second kappa shape index (κ2) is 4.10. The molecular formula is C10H13N3OS. The standard InChI is InChI=1S/C10H13N3OS/c1-6(14)12-8-2-3-9-7(4-8)5-11-10(15)13-9/h5,8H,2-4H2,1H3,(H,12,14)(H,11,13,15). The first kappa shape index (κ1) is 10.3. The summed E-state index contributed by atoms with van der Waals surface area (Å²) in [5.41, 5.74) is 2.32. The van der Waals surface area contributed by atoms with E-state index >= 15 is 0 Å². The van der Waals surface area contributed by atoms with Crippen molar-refractivity contribution in [2.45, 2.75) is 32.2 Å². The van der Waals surface area contributed by atoms with Crippen molar-refractivity contribution < 1.29 is 4.79 Å². The summed E-state index contributed by atoms with van der Waals surface area (Å²) in [5.74, 6) is 0.0280. The number of hydrogen-bond acceptors (Lipinski definition) is 3. The molecule has 0 aromatic carbocycles. The minimum Gasteiger partial charge on any atom is -0.353 e. The van der Waals surface area contributed by atoms with Gasteiger partial charge in [0.2, 0.25) is 5.91 Å². The summed E-state index contributed by atoms with van der Waals surface area (Å²) in [6, 6.07) is 0.237. The highest BCUT2D eigenvalue weighted by atomic mass is 32.1. The lowest BCUT2D eigenvalue weighted by atomic mass is 9.93. The molecule has 1 aromatic heterocycles. The van der Waals surface area contributed by atoms with Gasteiger partial charge in [-0.05, 0) is 37.0 Å². The molecule has 1 heterocycles. The number of hydrogen-bond donors (Lipinski definition) is 2. The summed E-state index contributed by atoms with van der Waals surface area (Å²) in [4.78, 5) is 18.1. The predicted octanol–water partition coefficient (Wildman–Crippen LogP) is 1.13. The molecule has 0 spiro atoms. The quantitative estimate of drug-likeness (QED) is 0.702. The van der Waals surface area contributed by atoms with Gasteiger partial charge in [0.1, 0.15) is 0 Å². The van der Waals surface area contributed by atoms with Gasteiger partial charge < -0.3 is 10.3 Å². The lowest BCUT2D eigenvalue weighted by Gasteiger charge is -2.24. The van der Waals surface area contributed by atoms with Gasteiger partial charge >= 0.3 is 0 Å². The second-order valence-corrected chi connectivity index (χ2v) is 4.22. The van der Waals surface area contributed by atoms with Crippen LogP contribution < -0.4 is 5.32 Å². The van der Waals surface area contributed by atoms with Gasteiger partial charge in [-0.15, -0.1) is 0 Å². The van der Waals surface area contributed by atoms with Gasteiger partial charge in [-0.3, -0.25) is 4.79 Å². The Balaban J connectivity index is 2.16. The Morgan fingerprint density at radius 2 is 2.53 bits per heavy atom. The molecule has 1 unspecified atom stereocenters. The molecule has 1 atom stereocenters. The van der Waals surface area contributed by atoms with Crippen LogP contribution in [0.5, 0.6) is 0 Å². The minimum atomic E-state index is 0.0280. The van der Waals surface area contributed by atoms with Crippen LogP contribution >= 0.6 is 12.2 Å². The van der Waals surface area contributed by atoms with E-state index in [1.807, 2.05) is 6.20 Å².